The van der Waals surface area contributed by atoms with Gasteiger partial charge < -0.3 is 4.74 Å². The van der Waals surface area contributed by atoms with Gasteiger partial charge in [0.25, 0.3) is 0 Å². The van der Waals surface area contributed by atoms with E-state index in [2.05, 4.69) is 43.4 Å². The Bertz CT molecular complexity index is 340. The van der Waals surface area contributed by atoms with E-state index >= 15 is 0 Å². The molecule has 0 radical (unpaired) electrons. The van der Waals surface area contributed by atoms with Crippen LogP contribution in [0.15, 0.2) is 36.5 Å². The maximum absolute atomic E-state index is 11.3. The topological polar surface area (TPSA) is 26.3 Å². The second-order valence-electron chi connectivity index (χ2n) is 5.91. The molecule has 0 amide bonds. The molecule has 0 rings (SSSR count). The highest BCUT2D eigenvalue weighted by molar-refractivity contribution is 5.69. The molecule has 0 N–H and O–H groups in total. The molecule has 0 unspecified atom stereocenters. The van der Waals surface area contributed by atoms with Crippen molar-refractivity contribution in [1.29, 1.82) is 0 Å². The Hall–Kier alpha value is -1.31. The second-order valence-corrected chi connectivity index (χ2v) is 5.91. The first-order valence-corrected chi connectivity index (χ1v) is 9.45. The Morgan fingerprint density at radius 2 is 1.35 bits per heavy atom. The third-order valence-electron chi connectivity index (χ3n) is 3.55. The smallest absolute Gasteiger partial charge is 0.305 e. The predicted octanol–water partition coefficient (Wildman–Crippen LogP) is 6.53. The van der Waals surface area contributed by atoms with E-state index in [1.807, 2.05) is 6.92 Å². The van der Waals surface area contributed by atoms with Crippen LogP contribution < -0.4 is 0 Å². The summed E-state index contributed by atoms with van der Waals surface area (Å²) in [7, 11) is 0. The van der Waals surface area contributed by atoms with Gasteiger partial charge in [-0.05, 0) is 32.1 Å². The van der Waals surface area contributed by atoms with Gasteiger partial charge >= 0.3 is 5.97 Å². The predicted molar refractivity (Wildman–Crippen MR) is 101 cm³/mol. The van der Waals surface area contributed by atoms with Crippen LogP contribution in [0.2, 0.25) is 0 Å². The normalized spacial score (nSPS) is 11.9. The first kappa shape index (κ1) is 21.7. The quantitative estimate of drug-likeness (QED) is 0.195. The zero-order valence-electron chi connectivity index (χ0n) is 15.3. The minimum atomic E-state index is -0.0367. The monoisotopic (exact) mass is 320 g/mol. The zero-order valence-corrected chi connectivity index (χ0v) is 15.3. The summed E-state index contributed by atoms with van der Waals surface area (Å²) in [6.07, 6.45) is 25.1. The van der Waals surface area contributed by atoms with Crippen LogP contribution in [0.3, 0.4) is 0 Å². The highest BCUT2D eigenvalue weighted by Gasteiger charge is 2.00. The van der Waals surface area contributed by atoms with Crippen molar-refractivity contribution < 1.29 is 9.53 Å². The van der Waals surface area contributed by atoms with E-state index in [0.717, 1.165) is 25.7 Å². The Kier molecular flexibility index (Phi) is 17.7. The summed E-state index contributed by atoms with van der Waals surface area (Å²) in [4.78, 5) is 11.3. The summed E-state index contributed by atoms with van der Waals surface area (Å²) < 4.78 is 5.05. The van der Waals surface area contributed by atoms with E-state index in [4.69, 9.17) is 4.74 Å². The van der Waals surface area contributed by atoms with Gasteiger partial charge in [0.15, 0.2) is 0 Å². The van der Waals surface area contributed by atoms with Gasteiger partial charge in [0.05, 0.1) is 6.61 Å². The Morgan fingerprint density at radius 1 is 0.739 bits per heavy atom. The van der Waals surface area contributed by atoms with E-state index in [1.165, 1.54) is 38.5 Å². The number of carbonyl (C=O) groups excluding carboxylic acids is 1. The van der Waals surface area contributed by atoms with Crippen molar-refractivity contribution in [2.75, 3.05) is 6.61 Å². The summed E-state index contributed by atoms with van der Waals surface area (Å²) in [6, 6.07) is 0. The molecule has 0 aromatic rings. The van der Waals surface area contributed by atoms with Gasteiger partial charge in [-0.15, -0.1) is 0 Å². The zero-order chi connectivity index (χ0) is 17.0. The molecule has 23 heavy (non-hydrogen) atoms. The molecule has 2 heteroatoms. The highest BCUT2D eigenvalue weighted by Crippen LogP contribution is 2.08. The lowest BCUT2D eigenvalue weighted by molar-refractivity contribution is -0.143. The molecule has 0 fully saturated rings. The first-order valence-electron chi connectivity index (χ1n) is 9.45. The maximum Gasteiger partial charge on any atom is 0.305 e. The van der Waals surface area contributed by atoms with Crippen LogP contribution in [-0.4, -0.2) is 12.6 Å². The van der Waals surface area contributed by atoms with Crippen molar-refractivity contribution in [3.8, 4) is 0 Å². The van der Waals surface area contributed by atoms with Crippen LogP contribution in [-0.2, 0) is 9.53 Å². The fraction of sp³-hybridized carbons (Fsp3) is 0.667. The lowest BCUT2D eigenvalue weighted by Gasteiger charge is -2.02. The van der Waals surface area contributed by atoms with Crippen molar-refractivity contribution >= 4 is 5.97 Å². The average molecular weight is 321 g/mol. The van der Waals surface area contributed by atoms with Crippen LogP contribution in [0, 0.1) is 0 Å². The van der Waals surface area contributed by atoms with Gasteiger partial charge in [-0.1, -0.05) is 82.4 Å². The average Bonchev–Trinajstić information content (AvgIpc) is 2.56. The van der Waals surface area contributed by atoms with Gasteiger partial charge in [0.2, 0.25) is 0 Å². The second kappa shape index (κ2) is 18.7. The molecule has 0 aromatic carbocycles. The first-order chi connectivity index (χ1) is 11.3. The van der Waals surface area contributed by atoms with Crippen LogP contribution in [0.4, 0.5) is 0 Å². The van der Waals surface area contributed by atoms with E-state index in [9.17, 15) is 4.79 Å². The molecular weight excluding hydrogens is 284 g/mol. The van der Waals surface area contributed by atoms with Crippen LogP contribution in [0.5, 0.6) is 0 Å². The Balaban J connectivity index is 3.32. The van der Waals surface area contributed by atoms with Gasteiger partial charge in [0, 0.05) is 6.42 Å². The Morgan fingerprint density at radius 3 is 2.00 bits per heavy atom. The molecule has 0 aliphatic rings. The third-order valence-corrected chi connectivity index (χ3v) is 3.55. The fourth-order valence-electron chi connectivity index (χ4n) is 2.15. The number of rotatable bonds is 15. The molecule has 0 heterocycles. The number of hydrogen-bond donors (Lipinski definition) is 0. The SMILES string of the molecule is CCCC/C=C/C=C/C=C/CCCCCCCC(=O)OCCC. The molecule has 0 spiro atoms. The van der Waals surface area contributed by atoms with E-state index in [-0.39, 0.29) is 5.97 Å². The molecule has 0 aliphatic carbocycles. The lowest BCUT2D eigenvalue weighted by Crippen LogP contribution is -2.04. The summed E-state index contributed by atoms with van der Waals surface area (Å²) in [5.74, 6) is -0.0367. The minimum absolute atomic E-state index is 0.0367. The van der Waals surface area contributed by atoms with Crippen LogP contribution in [0.1, 0.15) is 84.5 Å². The van der Waals surface area contributed by atoms with E-state index in [1.54, 1.807) is 0 Å². The summed E-state index contributed by atoms with van der Waals surface area (Å²) >= 11 is 0. The summed E-state index contributed by atoms with van der Waals surface area (Å²) in [5, 5.41) is 0. The molecule has 0 aliphatic heterocycles. The molecular formula is C21H36O2. The molecule has 0 saturated carbocycles. The van der Waals surface area contributed by atoms with E-state index in [0.29, 0.717) is 13.0 Å². The van der Waals surface area contributed by atoms with Gasteiger partial charge in [-0.25, -0.2) is 0 Å². The van der Waals surface area contributed by atoms with Crippen LogP contribution >= 0.6 is 0 Å². The minimum Gasteiger partial charge on any atom is -0.466 e. The summed E-state index contributed by atoms with van der Waals surface area (Å²) in [6.45, 7) is 4.80. The maximum atomic E-state index is 11.3. The summed E-state index contributed by atoms with van der Waals surface area (Å²) in [5.41, 5.74) is 0. The van der Waals surface area contributed by atoms with Crippen molar-refractivity contribution in [3.05, 3.63) is 36.5 Å². The number of ether oxygens (including phenoxy) is 1. The number of carbonyl (C=O) groups is 1. The standard InChI is InChI=1S/C21H36O2/c1-3-5-6-7-8-9-10-11-12-13-14-15-16-17-18-19-21(22)23-20-4-2/h7-12H,3-6,13-20H2,1-2H3/b8-7+,10-9+,12-11+. The molecule has 0 atom stereocenters. The van der Waals surface area contributed by atoms with E-state index < -0.39 is 0 Å². The van der Waals surface area contributed by atoms with Gasteiger partial charge in [-0.2, -0.15) is 0 Å². The molecule has 0 aromatic heterocycles. The number of esters is 1. The largest absolute Gasteiger partial charge is 0.466 e. The van der Waals surface area contributed by atoms with Crippen molar-refractivity contribution in [2.45, 2.75) is 84.5 Å². The van der Waals surface area contributed by atoms with Gasteiger partial charge in [-0.3, -0.25) is 4.79 Å². The molecule has 132 valence electrons. The number of allylic oxidation sites excluding steroid dienone is 6. The van der Waals surface area contributed by atoms with Crippen molar-refractivity contribution in [1.82, 2.24) is 0 Å². The fourth-order valence-corrected chi connectivity index (χ4v) is 2.15. The van der Waals surface area contributed by atoms with Crippen LogP contribution in [0.25, 0.3) is 0 Å². The van der Waals surface area contributed by atoms with Gasteiger partial charge in [0.1, 0.15) is 0 Å². The molecule has 2 nitrogen and oxygen atoms in total. The number of unbranched alkanes of at least 4 members (excludes halogenated alkanes) is 7. The molecule has 0 bridgehead atoms. The number of hydrogen-bond acceptors (Lipinski definition) is 2. The molecule has 0 saturated heterocycles. The van der Waals surface area contributed by atoms with Crippen molar-refractivity contribution in [3.63, 3.8) is 0 Å². The Labute approximate surface area is 143 Å². The lowest BCUT2D eigenvalue weighted by atomic mass is 10.1. The highest BCUT2D eigenvalue weighted by atomic mass is 16.5. The third kappa shape index (κ3) is 18.6. The van der Waals surface area contributed by atoms with Crippen molar-refractivity contribution in [2.24, 2.45) is 0 Å².